The lowest BCUT2D eigenvalue weighted by Gasteiger charge is -2.04. The van der Waals surface area contributed by atoms with Crippen LogP contribution < -0.4 is 0 Å². The molecule has 2 aromatic rings. The lowest BCUT2D eigenvalue weighted by atomic mass is 10.2. The Morgan fingerprint density at radius 2 is 1.87 bits per heavy atom. The van der Waals surface area contributed by atoms with Gasteiger partial charge in [0.25, 0.3) is 0 Å². The Balaban J connectivity index is 2.68. The minimum Gasteiger partial charge on any atom is -0.317 e. The lowest BCUT2D eigenvalue weighted by Crippen LogP contribution is -1.97. The fourth-order valence-corrected chi connectivity index (χ4v) is 1.67. The second-order valence-corrected chi connectivity index (χ2v) is 3.93. The van der Waals surface area contributed by atoms with Gasteiger partial charge in [0.05, 0.1) is 5.56 Å². The summed E-state index contributed by atoms with van der Waals surface area (Å²) in [5.41, 5.74) is -0.168. The van der Waals surface area contributed by atoms with Crippen LogP contribution in [0, 0.1) is 11.6 Å². The van der Waals surface area contributed by atoms with E-state index in [9.17, 15) is 8.78 Å². The Morgan fingerprint density at radius 3 is 2.33 bits per heavy atom. The third kappa shape index (κ3) is 1.77. The van der Waals surface area contributed by atoms with Crippen molar-refractivity contribution < 1.29 is 8.78 Å². The van der Waals surface area contributed by atoms with E-state index in [0.717, 1.165) is 0 Å². The van der Waals surface area contributed by atoms with E-state index in [1.807, 2.05) is 0 Å². The van der Waals surface area contributed by atoms with Gasteiger partial charge in [-0.2, -0.15) is 0 Å². The van der Waals surface area contributed by atoms with Crippen LogP contribution in [0.5, 0.6) is 0 Å². The van der Waals surface area contributed by atoms with Crippen molar-refractivity contribution in [3.05, 3.63) is 34.6 Å². The molecule has 0 N–H and O–H groups in total. The fourth-order valence-electron chi connectivity index (χ4n) is 1.27. The zero-order valence-electron chi connectivity index (χ0n) is 7.71. The lowest BCUT2D eigenvalue weighted by molar-refractivity contribution is 0.584. The van der Waals surface area contributed by atoms with Crippen molar-refractivity contribution in [1.82, 2.24) is 14.8 Å². The van der Waals surface area contributed by atoms with Crippen molar-refractivity contribution in [2.75, 3.05) is 0 Å². The Labute approximate surface area is 92.9 Å². The molecule has 0 saturated carbocycles. The van der Waals surface area contributed by atoms with Crippen LogP contribution in [0.3, 0.4) is 0 Å². The summed E-state index contributed by atoms with van der Waals surface area (Å²) in [7, 11) is 1.62. The van der Waals surface area contributed by atoms with Crippen molar-refractivity contribution in [3.8, 4) is 11.4 Å². The van der Waals surface area contributed by atoms with Gasteiger partial charge in [-0.25, -0.2) is 8.78 Å². The first kappa shape index (κ1) is 10.2. The maximum atomic E-state index is 13.5. The maximum absolute atomic E-state index is 13.5. The van der Waals surface area contributed by atoms with Gasteiger partial charge in [-0.15, -0.1) is 10.2 Å². The minimum atomic E-state index is -0.669. The molecule has 0 unspecified atom stereocenters. The molecule has 3 nitrogen and oxygen atoms in total. The van der Waals surface area contributed by atoms with Crippen LogP contribution in [0.4, 0.5) is 8.78 Å². The van der Waals surface area contributed by atoms with E-state index in [1.165, 1.54) is 23.0 Å². The van der Waals surface area contributed by atoms with E-state index in [0.29, 0.717) is 4.47 Å². The second-order valence-electron chi connectivity index (χ2n) is 3.01. The number of rotatable bonds is 1. The number of halogens is 3. The summed E-state index contributed by atoms with van der Waals surface area (Å²) >= 11 is 3.01. The van der Waals surface area contributed by atoms with E-state index in [1.54, 1.807) is 7.05 Å². The van der Waals surface area contributed by atoms with Gasteiger partial charge in [0.2, 0.25) is 0 Å². The van der Waals surface area contributed by atoms with E-state index in [4.69, 9.17) is 0 Å². The third-order valence-corrected chi connectivity index (χ3v) is 2.40. The van der Waals surface area contributed by atoms with Crippen molar-refractivity contribution in [2.45, 2.75) is 0 Å². The molecule has 2 rings (SSSR count). The Morgan fingerprint density at radius 1 is 1.27 bits per heavy atom. The van der Waals surface area contributed by atoms with Gasteiger partial charge in [-0.3, -0.25) is 0 Å². The molecule has 0 bridgehead atoms. The van der Waals surface area contributed by atoms with E-state index >= 15 is 0 Å². The molecule has 0 aliphatic carbocycles. The fraction of sp³-hybridized carbons (Fsp3) is 0.111. The van der Waals surface area contributed by atoms with Crippen molar-refractivity contribution in [2.24, 2.45) is 7.05 Å². The monoisotopic (exact) mass is 273 g/mol. The van der Waals surface area contributed by atoms with Crippen LogP contribution in [0.15, 0.2) is 22.9 Å². The standard InChI is InChI=1S/C9H6BrF2N3/c1-15-4-13-14-9(15)8-6(11)2-5(10)3-7(8)12/h2-4H,1H3. The molecular formula is C9H6BrF2N3. The highest BCUT2D eigenvalue weighted by Crippen LogP contribution is 2.26. The van der Waals surface area contributed by atoms with Crippen LogP contribution in [0.25, 0.3) is 11.4 Å². The van der Waals surface area contributed by atoms with Crippen molar-refractivity contribution >= 4 is 15.9 Å². The Kier molecular flexibility index (Phi) is 2.52. The molecule has 0 fully saturated rings. The Bertz CT molecular complexity index is 487. The highest BCUT2D eigenvalue weighted by atomic mass is 79.9. The average molecular weight is 274 g/mol. The smallest absolute Gasteiger partial charge is 0.169 e. The molecule has 78 valence electrons. The van der Waals surface area contributed by atoms with E-state index < -0.39 is 11.6 Å². The first-order valence-corrected chi connectivity index (χ1v) is 4.88. The van der Waals surface area contributed by atoms with Crippen LogP contribution in [0.1, 0.15) is 0 Å². The van der Waals surface area contributed by atoms with Crippen LogP contribution in [-0.4, -0.2) is 14.8 Å². The quantitative estimate of drug-likeness (QED) is 0.800. The molecule has 0 aliphatic rings. The van der Waals surface area contributed by atoms with Gasteiger partial charge >= 0.3 is 0 Å². The average Bonchev–Trinajstić information content (AvgIpc) is 2.50. The Hall–Kier alpha value is -1.30. The second kappa shape index (κ2) is 3.69. The summed E-state index contributed by atoms with van der Waals surface area (Å²) in [5, 5.41) is 7.23. The molecule has 15 heavy (non-hydrogen) atoms. The van der Waals surface area contributed by atoms with Crippen LogP contribution in [-0.2, 0) is 7.05 Å². The van der Waals surface area contributed by atoms with Crippen LogP contribution >= 0.6 is 15.9 Å². The molecule has 0 amide bonds. The molecule has 1 aromatic carbocycles. The number of aromatic nitrogens is 3. The number of benzene rings is 1. The van der Waals surface area contributed by atoms with E-state index in [2.05, 4.69) is 26.1 Å². The van der Waals surface area contributed by atoms with Crippen molar-refractivity contribution in [1.29, 1.82) is 0 Å². The molecule has 0 radical (unpaired) electrons. The predicted molar refractivity (Wildman–Crippen MR) is 54.1 cm³/mol. The normalized spacial score (nSPS) is 10.7. The molecular weight excluding hydrogens is 268 g/mol. The van der Waals surface area contributed by atoms with Crippen LogP contribution in [0.2, 0.25) is 0 Å². The molecule has 0 spiro atoms. The highest BCUT2D eigenvalue weighted by Gasteiger charge is 2.16. The number of hydrogen-bond acceptors (Lipinski definition) is 2. The zero-order chi connectivity index (χ0) is 11.0. The highest BCUT2D eigenvalue weighted by molar-refractivity contribution is 9.10. The van der Waals surface area contributed by atoms with Gasteiger partial charge in [0.15, 0.2) is 5.82 Å². The molecule has 6 heteroatoms. The molecule has 0 saturated heterocycles. The predicted octanol–water partition coefficient (Wildman–Crippen LogP) is 2.52. The third-order valence-electron chi connectivity index (χ3n) is 1.94. The number of aryl methyl sites for hydroxylation is 1. The van der Waals surface area contributed by atoms with Gasteiger partial charge in [-0.05, 0) is 12.1 Å². The summed E-state index contributed by atoms with van der Waals surface area (Å²) in [6.07, 6.45) is 1.39. The number of nitrogens with zero attached hydrogens (tertiary/aromatic N) is 3. The summed E-state index contributed by atoms with van der Waals surface area (Å²) in [6, 6.07) is 2.38. The minimum absolute atomic E-state index is 0.164. The van der Waals surface area contributed by atoms with Gasteiger partial charge in [-0.1, -0.05) is 15.9 Å². The topological polar surface area (TPSA) is 30.7 Å². The number of hydrogen-bond donors (Lipinski definition) is 0. The molecule has 1 heterocycles. The first-order chi connectivity index (χ1) is 7.09. The maximum Gasteiger partial charge on any atom is 0.169 e. The van der Waals surface area contributed by atoms with E-state index in [-0.39, 0.29) is 11.4 Å². The molecule has 0 atom stereocenters. The summed E-state index contributed by atoms with van der Waals surface area (Å²) in [6.45, 7) is 0. The SMILES string of the molecule is Cn1cnnc1-c1c(F)cc(Br)cc1F. The summed E-state index contributed by atoms with van der Waals surface area (Å²) in [5.74, 6) is -1.17. The van der Waals surface area contributed by atoms with Crippen molar-refractivity contribution in [3.63, 3.8) is 0 Å². The summed E-state index contributed by atoms with van der Waals surface area (Å²) < 4.78 is 28.8. The largest absolute Gasteiger partial charge is 0.317 e. The van der Waals surface area contributed by atoms with Gasteiger partial charge in [0.1, 0.15) is 18.0 Å². The van der Waals surface area contributed by atoms with Gasteiger partial charge < -0.3 is 4.57 Å². The first-order valence-electron chi connectivity index (χ1n) is 4.08. The zero-order valence-corrected chi connectivity index (χ0v) is 9.29. The summed E-state index contributed by atoms with van der Waals surface area (Å²) in [4.78, 5) is 0. The molecule has 1 aromatic heterocycles. The molecule has 0 aliphatic heterocycles. The van der Waals surface area contributed by atoms with Gasteiger partial charge in [0, 0.05) is 11.5 Å².